The molecule has 0 fully saturated rings. The summed E-state index contributed by atoms with van der Waals surface area (Å²) in [7, 11) is 0. The van der Waals surface area contributed by atoms with Crippen LogP contribution >= 0.6 is 0 Å². The van der Waals surface area contributed by atoms with Crippen LogP contribution in [0.3, 0.4) is 0 Å². The monoisotopic (exact) mass is 188 g/mol. The molecule has 0 saturated carbocycles. The predicted molar refractivity (Wildman–Crippen MR) is 59.0 cm³/mol. The summed E-state index contributed by atoms with van der Waals surface area (Å²) in [5.74, 6) is 0. The summed E-state index contributed by atoms with van der Waals surface area (Å²) in [4.78, 5) is 0. The molecule has 1 aliphatic rings. The molecule has 0 aromatic heterocycles. The van der Waals surface area contributed by atoms with Crippen LogP contribution in [0.2, 0.25) is 0 Å². The lowest BCUT2D eigenvalue weighted by Crippen LogP contribution is -2.05. The van der Waals surface area contributed by atoms with E-state index in [1.54, 1.807) is 0 Å². The van der Waals surface area contributed by atoms with Gasteiger partial charge in [0.2, 0.25) is 0 Å². The lowest BCUT2D eigenvalue weighted by atomic mass is 9.88. The van der Waals surface area contributed by atoms with Crippen LogP contribution in [0.1, 0.15) is 30.9 Å². The predicted octanol–water partition coefficient (Wildman–Crippen LogP) is 2.79. The van der Waals surface area contributed by atoms with Gasteiger partial charge in [0.15, 0.2) is 0 Å². The van der Waals surface area contributed by atoms with Gasteiger partial charge in [0.1, 0.15) is 0 Å². The van der Waals surface area contributed by atoms with E-state index in [4.69, 9.17) is 0 Å². The molecule has 1 aromatic carbocycles. The standard InChI is InChI=1S/C13H16O/c1-10(14)9-12-7-4-6-11-5-2-3-8-13(11)12/h2-3,5,7-8,10,14H,4,6,9H2,1H3. The van der Waals surface area contributed by atoms with Gasteiger partial charge in [0, 0.05) is 0 Å². The van der Waals surface area contributed by atoms with Crippen LogP contribution in [0.5, 0.6) is 0 Å². The molecule has 1 aromatic rings. The summed E-state index contributed by atoms with van der Waals surface area (Å²) in [6, 6.07) is 8.50. The maximum atomic E-state index is 9.39. The van der Waals surface area contributed by atoms with Gasteiger partial charge in [0.25, 0.3) is 0 Å². The second-order valence-corrected chi connectivity index (χ2v) is 3.98. The van der Waals surface area contributed by atoms with Crippen molar-refractivity contribution < 1.29 is 5.11 Å². The molecule has 1 N–H and O–H groups in total. The molecule has 0 radical (unpaired) electrons. The molecular weight excluding hydrogens is 172 g/mol. The Hall–Kier alpha value is -1.08. The summed E-state index contributed by atoms with van der Waals surface area (Å²) in [6.45, 7) is 1.85. The van der Waals surface area contributed by atoms with Gasteiger partial charge in [-0.05, 0) is 42.9 Å². The summed E-state index contributed by atoms with van der Waals surface area (Å²) >= 11 is 0. The largest absolute Gasteiger partial charge is 0.393 e. The molecule has 0 spiro atoms. The molecule has 1 atom stereocenters. The highest BCUT2D eigenvalue weighted by molar-refractivity contribution is 5.70. The number of fused-ring (bicyclic) bond motifs is 1. The Kier molecular flexibility index (Phi) is 2.69. The Morgan fingerprint density at radius 3 is 2.93 bits per heavy atom. The van der Waals surface area contributed by atoms with Crippen LogP contribution < -0.4 is 0 Å². The summed E-state index contributed by atoms with van der Waals surface area (Å²) < 4.78 is 0. The normalized spacial score (nSPS) is 17.1. The molecule has 2 rings (SSSR count). The van der Waals surface area contributed by atoms with Gasteiger partial charge in [-0.15, -0.1) is 0 Å². The third-order valence-electron chi connectivity index (χ3n) is 2.68. The van der Waals surface area contributed by atoms with Gasteiger partial charge in [-0.1, -0.05) is 30.3 Å². The number of aliphatic hydroxyl groups is 1. The van der Waals surface area contributed by atoms with Gasteiger partial charge in [-0.25, -0.2) is 0 Å². The van der Waals surface area contributed by atoms with E-state index in [2.05, 4.69) is 30.3 Å². The minimum absolute atomic E-state index is 0.243. The fraction of sp³-hybridized carbons (Fsp3) is 0.385. The highest BCUT2D eigenvalue weighted by Crippen LogP contribution is 2.29. The summed E-state index contributed by atoms with van der Waals surface area (Å²) in [5.41, 5.74) is 4.06. The fourth-order valence-electron chi connectivity index (χ4n) is 2.07. The van der Waals surface area contributed by atoms with E-state index < -0.39 is 0 Å². The van der Waals surface area contributed by atoms with Gasteiger partial charge in [-0.2, -0.15) is 0 Å². The molecule has 0 heterocycles. The van der Waals surface area contributed by atoms with Crippen molar-refractivity contribution in [2.45, 2.75) is 32.3 Å². The Morgan fingerprint density at radius 2 is 2.14 bits per heavy atom. The topological polar surface area (TPSA) is 20.2 Å². The molecule has 1 aliphatic carbocycles. The quantitative estimate of drug-likeness (QED) is 0.756. The third kappa shape index (κ3) is 1.88. The lowest BCUT2D eigenvalue weighted by Gasteiger charge is -2.18. The van der Waals surface area contributed by atoms with Crippen LogP contribution in [0.25, 0.3) is 5.57 Å². The van der Waals surface area contributed by atoms with Gasteiger partial charge >= 0.3 is 0 Å². The molecule has 1 nitrogen and oxygen atoms in total. The first kappa shape index (κ1) is 9.47. The van der Waals surface area contributed by atoms with Gasteiger partial charge < -0.3 is 5.11 Å². The van der Waals surface area contributed by atoms with E-state index in [1.165, 1.54) is 16.7 Å². The van der Waals surface area contributed by atoms with Crippen molar-refractivity contribution in [3.05, 3.63) is 41.5 Å². The maximum absolute atomic E-state index is 9.39. The van der Waals surface area contributed by atoms with Gasteiger partial charge in [-0.3, -0.25) is 0 Å². The van der Waals surface area contributed by atoms with E-state index in [1.807, 2.05) is 6.92 Å². The number of hydrogen-bond acceptors (Lipinski definition) is 1. The first-order chi connectivity index (χ1) is 6.77. The Bertz CT molecular complexity index is 350. The highest BCUT2D eigenvalue weighted by Gasteiger charge is 2.12. The zero-order chi connectivity index (χ0) is 9.97. The number of aliphatic hydroxyl groups excluding tert-OH is 1. The molecular formula is C13H16O. The number of allylic oxidation sites excluding steroid dienone is 1. The summed E-state index contributed by atoms with van der Waals surface area (Å²) in [6.07, 6.45) is 5.04. The van der Waals surface area contributed by atoms with Crippen LogP contribution in [0.15, 0.2) is 30.3 Å². The minimum Gasteiger partial charge on any atom is -0.393 e. The molecule has 1 unspecified atom stereocenters. The number of benzene rings is 1. The number of rotatable bonds is 2. The van der Waals surface area contributed by atoms with E-state index in [-0.39, 0.29) is 6.10 Å². The van der Waals surface area contributed by atoms with Crippen molar-refractivity contribution >= 4 is 5.57 Å². The van der Waals surface area contributed by atoms with Crippen LogP contribution in [-0.4, -0.2) is 11.2 Å². The van der Waals surface area contributed by atoms with Crippen molar-refractivity contribution in [3.63, 3.8) is 0 Å². The zero-order valence-corrected chi connectivity index (χ0v) is 8.53. The van der Waals surface area contributed by atoms with Crippen molar-refractivity contribution in [1.82, 2.24) is 0 Å². The molecule has 0 saturated heterocycles. The highest BCUT2D eigenvalue weighted by atomic mass is 16.3. The first-order valence-corrected chi connectivity index (χ1v) is 5.23. The first-order valence-electron chi connectivity index (χ1n) is 5.23. The van der Waals surface area contributed by atoms with E-state index in [0.29, 0.717) is 0 Å². The number of aryl methyl sites for hydroxylation is 1. The van der Waals surface area contributed by atoms with Gasteiger partial charge in [0.05, 0.1) is 6.10 Å². The molecule has 0 amide bonds. The van der Waals surface area contributed by atoms with Crippen molar-refractivity contribution in [2.24, 2.45) is 0 Å². The molecule has 0 aliphatic heterocycles. The van der Waals surface area contributed by atoms with Crippen molar-refractivity contribution in [2.75, 3.05) is 0 Å². The average Bonchev–Trinajstić information content (AvgIpc) is 2.18. The number of hydrogen-bond donors (Lipinski definition) is 1. The van der Waals surface area contributed by atoms with Crippen LogP contribution in [0, 0.1) is 0 Å². The Morgan fingerprint density at radius 1 is 1.36 bits per heavy atom. The van der Waals surface area contributed by atoms with Crippen molar-refractivity contribution in [3.8, 4) is 0 Å². The SMILES string of the molecule is CC(O)CC1=CCCc2ccccc21. The lowest BCUT2D eigenvalue weighted by molar-refractivity contribution is 0.201. The van der Waals surface area contributed by atoms with Crippen LogP contribution in [-0.2, 0) is 6.42 Å². The smallest absolute Gasteiger partial charge is 0.0552 e. The van der Waals surface area contributed by atoms with E-state index in [9.17, 15) is 5.11 Å². The molecule has 1 heteroatoms. The zero-order valence-electron chi connectivity index (χ0n) is 8.53. The second-order valence-electron chi connectivity index (χ2n) is 3.98. The fourth-order valence-corrected chi connectivity index (χ4v) is 2.07. The van der Waals surface area contributed by atoms with E-state index in [0.717, 1.165) is 19.3 Å². The molecule has 0 bridgehead atoms. The Labute approximate surface area is 85.1 Å². The average molecular weight is 188 g/mol. The maximum Gasteiger partial charge on any atom is 0.0552 e. The second kappa shape index (κ2) is 3.97. The minimum atomic E-state index is -0.243. The van der Waals surface area contributed by atoms with Crippen LogP contribution in [0.4, 0.5) is 0 Å². The van der Waals surface area contributed by atoms with Crippen molar-refractivity contribution in [1.29, 1.82) is 0 Å². The molecule has 74 valence electrons. The third-order valence-corrected chi connectivity index (χ3v) is 2.68. The van der Waals surface area contributed by atoms with E-state index >= 15 is 0 Å². The summed E-state index contributed by atoms with van der Waals surface area (Å²) in [5, 5.41) is 9.39. The Balaban J connectivity index is 2.31. The molecule has 14 heavy (non-hydrogen) atoms.